The van der Waals surface area contributed by atoms with Crippen LogP contribution in [0.25, 0.3) is 0 Å². The molecule has 6 rings (SSSR count). The van der Waals surface area contributed by atoms with Crippen LogP contribution in [0.5, 0.6) is 0 Å². The Morgan fingerprint density at radius 1 is 0.929 bits per heavy atom. The summed E-state index contributed by atoms with van der Waals surface area (Å²) in [5, 5.41) is 13.7. The first-order valence-electron chi connectivity index (χ1n) is 13.9. The van der Waals surface area contributed by atoms with Crippen molar-refractivity contribution in [2.24, 2.45) is 0 Å². The van der Waals surface area contributed by atoms with Gasteiger partial charge in [0.2, 0.25) is 0 Å². The number of carboxylic acid groups (broad SMARTS) is 1. The number of alkyl halides is 3. The fourth-order valence-corrected chi connectivity index (χ4v) is 6.32. The van der Waals surface area contributed by atoms with Crippen molar-refractivity contribution in [1.29, 1.82) is 0 Å². The van der Waals surface area contributed by atoms with Crippen LogP contribution < -0.4 is 4.90 Å². The van der Waals surface area contributed by atoms with Gasteiger partial charge in [0.05, 0.1) is 40.3 Å². The largest absolute Gasteiger partial charge is 0.478 e. The standard InChI is InChI=1S/C30H30F4N4O3.Na/c31-25-15-19(29(40)41)7-8-26(25)36-13-10-21(11-14-36)38-27(18-5-6-18)23(16-35-38)28(39)37-12-9-20(17-37)22-3-1-2-4-24(22)30(32,33)34;/h1-4,7-8,15-16,18,20-21H,5-6,9-14,17H2,(H,40,41);. The molecular weight excluding hydrogens is 563 g/mol. The number of aromatic nitrogens is 2. The molecule has 3 aliphatic rings. The van der Waals surface area contributed by atoms with Crippen molar-refractivity contribution in [2.45, 2.75) is 56.2 Å². The van der Waals surface area contributed by atoms with Crippen molar-refractivity contribution >= 4 is 47.1 Å². The molecule has 217 valence electrons. The normalized spacial score (nSPS) is 19.6. The molecule has 7 nitrogen and oxygen atoms in total. The molecule has 1 amide bonds. The summed E-state index contributed by atoms with van der Waals surface area (Å²) in [5.74, 6) is -2.11. The van der Waals surface area contributed by atoms with Gasteiger partial charge in [-0.3, -0.25) is 9.48 Å². The summed E-state index contributed by atoms with van der Waals surface area (Å²) in [6.45, 7) is 1.71. The van der Waals surface area contributed by atoms with Crippen LogP contribution in [0, 0.1) is 5.82 Å². The minimum absolute atomic E-state index is 0. The Morgan fingerprint density at radius 3 is 2.29 bits per heavy atom. The molecule has 3 fully saturated rings. The van der Waals surface area contributed by atoms with Crippen molar-refractivity contribution in [1.82, 2.24) is 14.7 Å². The van der Waals surface area contributed by atoms with Crippen LogP contribution in [-0.2, 0) is 6.18 Å². The Balaban J connectivity index is 0.00000353. The second-order valence-corrected chi connectivity index (χ2v) is 11.2. The molecule has 1 aliphatic carbocycles. The van der Waals surface area contributed by atoms with E-state index >= 15 is 0 Å². The molecule has 1 unspecified atom stereocenters. The number of piperidine rings is 1. The van der Waals surface area contributed by atoms with Gasteiger partial charge in [-0.15, -0.1) is 0 Å². The summed E-state index contributed by atoms with van der Waals surface area (Å²) in [7, 11) is 0. The molecule has 0 spiro atoms. The molecule has 0 bridgehead atoms. The molecule has 2 saturated heterocycles. The fourth-order valence-electron chi connectivity index (χ4n) is 6.32. The number of carbonyl (C=O) groups is 2. The Kier molecular flexibility index (Phi) is 8.74. The number of aromatic carboxylic acids is 1. The van der Waals surface area contributed by atoms with Gasteiger partial charge >= 0.3 is 12.1 Å². The number of halogens is 4. The Morgan fingerprint density at radius 2 is 1.64 bits per heavy atom. The van der Waals surface area contributed by atoms with Gasteiger partial charge in [-0.05, 0) is 61.9 Å². The third-order valence-corrected chi connectivity index (χ3v) is 8.56. The van der Waals surface area contributed by atoms with Gasteiger partial charge in [0.1, 0.15) is 5.82 Å². The van der Waals surface area contributed by atoms with Gasteiger partial charge in [-0.2, -0.15) is 18.3 Å². The summed E-state index contributed by atoms with van der Waals surface area (Å²) in [4.78, 5) is 28.3. The van der Waals surface area contributed by atoms with Gasteiger partial charge in [-0.1, -0.05) is 18.2 Å². The van der Waals surface area contributed by atoms with Crippen molar-refractivity contribution in [3.8, 4) is 0 Å². The number of carboxylic acids is 1. The molecule has 1 N–H and O–H groups in total. The van der Waals surface area contributed by atoms with Crippen molar-refractivity contribution in [3.05, 3.63) is 82.4 Å². The molecule has 1 saturated carbocycles. The molecule has 2 aromatic carbocycles. The number of benzene rings is 2. The van der Waals surface area contributed by atoms with Crippen molar-refractivity contribution in [3.63, 3.8) is 0 Å². The predicted molar refractivity (Wildman–Crippen MR) is 149 cm³/mol. The zero-order valence-electron chi connectivity index (χ0n) is 23.3. The van der Waals surface area contributed by atoms with Crippen molar-refractivity contribution in [2.75, 3.05) is 31.1 Å². The molecule has 42 heavy (non-hydrogen) atoms. The van der Waals surface area contributed by atoms with E-state index in [-0.39, 0.29) is 71.0 Å². The average Bonchev–Trinajstić information content (AvgIpc) is 3.50. The summed E-state index contributed by atoms with van der Waals surface area (Å²) in [5.41, 5.74) is 1.27. The quantitative estimate of drug-likeness (QED) is 0.293. The first kappa shape index (κ1) is 30.6. The van der Waals surface area contributed by atoms with Gasteiger partial charge in [0.25, 0.3) is 5.91 Å². The van der Waals surface area contributed by atoms with E-state index in [1.807, 2.05) is 9.58 Å². The maximum atomic E-state index is 14.6. The van der Waals surface area contributed by atoms with E-state index in [0.29, 0.717) is 50.1 Å². The van der Waals surface area contributed by atoms with Crippen LogP contribution in [0.3, 0.4) is 0 Å². The maximum absolute atomic E-state index is 14.6. The van der Waals surface area contributed by atoms with Crippen LogP contribution >= 0.6 is 0 Å². The van der Waals surface area contributed by atoms with E-state index in [4.69, 9.17) is 5.11 Å². The molecule has 3 aromatic rings. The first-order chi connectivity index (χ1) is 19.6. The summed E-state index contributed by atoms with van der Waals surface area (Å²) in [6, 6.07) is 9.54. The number of rotatable bonds is 6. The Hall–Kier alpha value is -2.89. The topological polar surface area (TPSA) is 78.7 Å². The number of anilines is 1. The number of likely N-dealkylation sites (tertiary alicyclic amines) is 1. The molecule has 2 aliphatic heterocycles. The molecule has 3 heterocycles. The number of amides is 1. The van der Waals surface area contributed by atoms with Crippen LogP contribution in [-0.4, -0.2) is 87.4 Å². The zero-order valence-corrected chi connectivity index (χ0v) is 25.3. The second kappa shape index (κ2) is 12.0. The second-order valence-electron chi connectivity index (χ2n) is 11.2. The fraction of sp³-hybridized carbons (Fsp3) is 0.433. The number of nitrogens with zero attached hydrogens (tertiary/aromatic N) is 4. The summed E-state index contributed by atoms with van der Waals surface area (Å²) >= 11 is 0. The monoisotopic (exact) mass is 593 g/mol. The zero-order chi connectivity index (χ0) is 28.9. The van der Waals surface area contributed by atoms with Crippen LogP contribution in [0.2, 0.25) is 0 Å². The third kappa shape index (κ3) is 5.96. The van der Waals surface area contributed by atoms with E-state index in [0.717, 1.165) is 30.7 Å². The molecular formula is C30H30F4N4NaO3. The van der Waals surface area contributed by atoms with Gasteiger partial charge < -0.3 is 14.9 Å². The number of carbonyl (C=O) groups excluding carboxylic acids is 1. The predicted octanol–water partition coefficient (Wildman–Crippen LogP) is 5.71. The van der Waals surface area contributed by atoms with Gasteiger partial charge in [0, 0.05) is 67.6 Å². The summed E-state index contributed by atoms with van der Waals surface area (Å²) < 4.78 is 57.4. The SMILES string of the molecule is O=C(O)c1ccc(N2CCC(n3ncc(C(=O)N4CCC(c5ccccc5C(F)(F)F)C4)c3C3CC3)CC2)c(F)c1.[Na]. The van der Waals surface area contributed by atoms with Crippen LogP contribution in [0.1, 0.15) is 87.5 Å². The minimum atomic E-state index is -4.45. The van der Waals surface area contributed by atoms with Crippen LogP contribution in [0.15, 0.2) is 48.7 Å². The number of hydrogen-bond acceptors (Lipinski definition) is 4. The molecule has 1 atom stereocenters. The van der Waals surface area contributed by atoms with Crippen molar-refractivity contribution < 1.29 is 32.3 Å². The third-order valence-electron chi connectivity index (χ3n) is 8.56. The maximum Gasteiger partial charge on any atom is 0.416 e. The molecule has 1 aromatic heterocycles. The first-order valence-corrected chi connectivity index (χ1v) is 13.9. The average molecular weight is 594 g/mol. The van der Waals surface area contributed by atoms with Crippen LogP contribution in [0.4, 0.5) is 23.2 Å². The van der Waals surface area contributed by atoms with Gasteiger partial charge in [-0.25, -0.2) is 9.18 Å². The van der Waals surface area contributed by atoms with Gasteiger partial charge in [0.15, 0.2) is 0 Å². The Labute approximate surface area is 262 Å². The van der Waals surface area contributed by atoms with E-state index in [2.05, 4.69) is 5.10 Å². The van der Waals surface area contributed by atoms with E-state index < -0.39 is 23.5 Å². The number of hydrogen-bond donors (Lipinski definition) is 1. The molecule has 12 heteroatoms. The van der Waals surface area contributed by atoms with E-state index in [1.165, 1.54) is 24.3 Å². The van der Waals surface area contributed by atoms with E-state index in [9.17, 15) is 27.2 Å². The Bertz CT molecular complexity index is 1480. The minimum Gasteiger partial charge on any atom is -0.478 e. The summed E-state index contributed by atoms with van der Waals surface area (Å²) in [6.07, 6.45) is 0.876. The smallest absolute Gasteiger partial charge is 0.416 e. The molecule has 1 radical (unpaired) electrons. The van der Waals surface area contributed by atoms with E-state index in [1.54, 1.807) is 17.2 Å².